The van der Waals surface area contributed by atoms with Gasteiger partial charge >= 0.3 is 5.97 Å². The topological polar surface area (TPSA) is 84.9 Å². The van der Waals surface area contributed by atoms with Crippen LogP contribution in [-0.2, 0) is 25.7 Å². The Hall–Kier alpha value is -3.06. The third-order valence-electron chi connectivity index (χ3n) is 4.20. The molecule has 2 amide bonds. The number of fused-ring (bicyclic) bond motifs is 1. The maximum absolute atomic E-state index is 12.4. The van der Waals surface area contributed by atoms with E-state index < -0.39 is 5.97 Å². The fourth-order valence-electron chi connectivity index (χ4n) is 2.81. The minimum absolute atomic E-state index is 0.00420. The first-order chi connectivity index (χ1) is 13.5. The number of hydrogen-bond donors (Lipinski definition) is 1. The number of carbonyl (C=O) groups excluding carboxylic acids is 3. The number of carbonyl (C=O) groups is 3. The number of anilines is 2. The van der Waals surface area contributed by atoms with Crippen LogP contribution in [0.25, 0.3) is 0 Å². The molecule has 0 radical (unpaired) electrons. The number of halogens is 1. The molecule has 2 aromatic rings. The molecule has 0 fully saturated rings. The van der Waals surface area contributed by atoms with Crippen molar-refractivity contribution >= 4 is 40.8 Å². The molecule has 0 unspecified atom stereocenters. The van der Waals surface area contributed by atoms with Crippen LogP contribution in [0.15, 0.2) is 42.5 Å². The monoisotopic (exact) mass is 402 g/mol. The van der Waals surface area contributed by atoms with E-state index >= 15 is 0 Å². The Morgan fingerprint density at radius 2 is 2.04 bits per heavy atom. The molecule has 3 rings (SSSR count). The lowest BCUT2D eigenvalue weighted by atomic mass is 10.1. The second kappa shape index (κ2) is 8.75. The van der Waals surface area contributed by atoms with Crippen molar-refractivity contribution in [3.8, 4) is 5.75 Å². The lowest BCUT2D eigenvalue weighted by Gasteiger charge is -2.30. The van der Waals surface area contributed by atoms with Crippen molar-refractivity contribution in [1.29, 1.82) is 0 Å². The molecule has 28 heavy (non-hydrogen) atoms. The highest BCUT2D eigenvalue weighted by Crippen LogP contribution is 2.35. The molecule has 0 aromatic heterocycles. The molecular weight excluding hydrogens is 384 g/mol. The van der Waals surface area contributed by atoms with Crippen molar-refractivity contribution in [2.24, 2.45) is 0 Å². The van der Waals surface area contributed by atoms with Crippen molar-refractivity contribution in [1.82, 2.24) is 0 Å². The first kappa shape index (κ1) is 19.7. The van der Waals surface area contributed by atoms with E-state index in [2.05, 4.69) is 10.1 Å². The molecule has 0 saturated heterocycles. The quantitative estimate of drug-likeness (QED) is 0.750. The normalized spacial score (nSPS) is 12.8. The molecule has 1 heterocycles. The standard InChI is InChI=1S/C20H19ClN2O5/c1-27-20(26)8-7-18(24)22-15-5-6-17-16(10-15)23(19(25)12-28-17)11-13-3-2-4-14(21)9-13/h2-6,9-10H,7-8,11-12H2,1H3,(H,22,24). The highest BCUT2D eigenvalue weighted by molar-refractivity contribution is 6.30. The van der Waals surface area contributed by atoms with Gasteiger partial charge in [-0.05, 0) is 35.9 Å². The molecule has 0 saturated carbocycles. The lowest BCUT2D eigenvalue weighted by molar-refractivity contribution is -0.141. The molecule has 7 nitrogen and oxygen atoms in total. The molecule has 146 valence electrons. The highest BCUT2D eigenvalue weighted by atomic mass is 35.5. The van der Waals surface area contributed by atoms with E-state index in [1.54, 1.807) is 35.2 Å². The number of ether oxygens (including phenoxy) is 2. The van der Waals surface area contributed by atoms with Gasteiger partial charge in [0.25, 0.3) is 5.91 Å². The molecular formula is C20H19ClN2O5. The predicted octanol–water partition coefficient (Wildman–Crippen LogP) is 3.16. The Morgan fingerprint density at radius 1 is 1.21 bits per heavy atom. The zero-order valence-electron chi connectivity index (χ0n) is 15.2. The zero-order valence-corrected chi connectivity index (χ0v) is 16.0. The number of esters is 1. The summed E-state index contributed by atoms with van der Waals surface area (Å²) >= 11 is 6.04. The SMILES string of the molecule is COC(=O)CCC(=O)Nc1ccc2c(c1)N(Cc1cccc(Cl)c1)C(=O)CO2. The van der Waals surface area contributed by atoms with Gasteiger partial charge in [-0.15, -0.1) is 0 Å². The average Bonchev–Trinajstić information content (AvgIpc) is 2.68. The first-order valence-electron chi connectivity index (χ1n) is 8.64. The van der Waals surface area contributed by atoms with E-state index in [-0.39, 0.29) is 31.3 Å². The number of rotatable bonds is 6. The van der Waals surface area contributed by atoms with E-state index in [0.717, 1.165) is 5.56 Å². The van der Waals surface area contributed by atoms with Gasteiger partial charge in [0, 0.05) is 17.1 Å². The van der Waals surface area contributed by atoms with E-state index in [1.165, 1.54) is 7.11 Å². The van der Waals surface area contributed by atoms with Gasteiger partial charge in [-0.25, -0.2) is 0 Å². The third kappa shape index (κ3) is 4.80. The number of amides is 2. The van der Waals surface area contributed by atoms with Crippen LogP contribution in [0.1, 0.15) is 18.4 Å². The molecule has 0 atom stereocenters. The van der Waals surface area contributed by atoms with Crippen LogP contribution < -0.4 is 15.0 Å². The number of methoxy groups -OCH3 is 1. The Kier molecular flexibility index (Phi) is 6.16. The van der Waals surface area contributed by atoms with Gasteiger partial charge in [-0.3, -0.25) is 14.4 Å². The molecule has 0 spiro atoms. The maximum Gasteiger partial charge on any atom is 0.306 e. The average molecular weight is 403 g/mol. The van der Waals surface area contributed by atoms with Crippen LogP contribution in [0.4, 0.5) is 11.4 Å². The van der Waals surface area contributed by atoms with E-state index in [4.69, 9.17) is 16.3 Å². The Balaban J connectivity index is 1.77. The summed E-state index contributed by atoms with van der Waals surface area (Å²) in [5.41, 5.74) is 1.94. The van der Waals surface area contributed by atoms with Gasteiger partial charge in [-0.2, -0.15) is 0 Å². The van der Waals surface area contributed by atoms with Crippen LogP contribution in [0, 0.1) is 0 Å². The van der Waals surface area contributed by atoms with Gasteiger partial charge in [-0.1, -0.05) is 23.7 Å². The van der Waals surface area contributed by atoms with Crippen LogP contribution in [0.3, 0.4) is 0 Å². The smallest absolute Gasteiger partial charge is 0.306 e. The van der Waals surface area contributed by atoms with Crippen molar-refractivity contribution in [3.05, 3.63) is 53.1 Å². The number of nitrogens with one attached hydrogen (secondary N) is 1. The second-order valence-corrected chi connectivity index (χ2v) is 6.64. The summed E-state index contributed by atoms with van der Waals surface area (Å²) in [6.07, 6.45) is 0.00117. The second-order valence-electron chi connectivity index (χ2n) is 6.21. The predicted molar refractivity (Wildman–Crippen MR) is 104 cm³/mol. The lowest BCUT2D eigenvalue weighted by Crippen LogP contribution is -2.38. The van der Waals surface area contributed by atoms with Crippen molar-refractivity contribution in [3.63, 3.8) is 0 Å². The molecule has 8 heteroatoms. The van der Waals surface area contributed by atoms with Crippen LogP contribution in [-0.4, -0.2) is 31.5 Å². The number of benzene rings is 2. The molecule has 1 aliphatic heterocycles. The van der Waals surface area contributed by atoms with E-state index in [1.807, 2.05) is 12.1 Å². The number of nitrogens with zero attached hydrogens (tertiary/aromatic N) is 1. The summed E-state index contributed by atoms with van der Waals surface area (Å²) < 4.78 is 10.0. The molecule has 0 bridgehead atoms. The van der Waals surface area contributed by atoms with Gasteiger partial charge in [0.15, 0.2) is 6.61 Å². The third-order valence-corrected chi connectivity index (χ3v) is 4.43. The molecule has 1 aliphatic rings. The first-order valence-corrected chi connectivity index (χ1v) is 9.02. The summed E-state index contributed by atoms with van der Waals surface area (Å²) in [5.74, 6) is -0.419. The van der Waals surface area contributed by atoms with Gasteiger partial charge in [0.05, 0.1) is 25.8 Å². The highest BCUT2D eigenvalue weighted by Gasteiger charge is 2.26. The van der Waals surface area contributed by atoms with Crippen LogP contribution in [0.5, 0.6) is 5.75 Å². The fourth-order valence-corrected chi connectivity index (χ4v) is 3.03. The van der Waals surface area contributed by atoms with Crippen LogP contribution in [0.2, 0.25) is 5.02 Å². The van der Waals surface area contributed by atoms with Gasteiger partial charge < -0.3 is 19.7 Å². The maximum atomic E-state index is 12.4. The fraction of sp³-hybridized carbons (Fsp3) is 0.250. The van der Waals surface area contributed by atoms with Crippen LogP contribution >= 0.6 is 11.6 Å². The molecule has 0 aliphatic carbocycles. The summed E-state index contributed by atoms with van der Waals surface area (Å²) in [6.45, 7) is 0.272. The van der Waals surface area contributed by atoms with Gasteiger partial charge in [0.2, 0.25) is 5.91 Å². The minimum Gasteiger partial charge on any atom is -0.482 e. The van der Waals surface area contributed by atoms with Crippen molar-refractivity contribution in [2.45, 2.75) is 19.4 Å². The molecule has 1 N–H and O–H groups in total. The Morgan fingerprint density at radius 3 is 2.79 bits per heavy atom. The summed E-state index contributed by atoms with van der Waals surface area (Å²) in [7, 11) is 1.27. The Bertz CT molecular complexity index is 915. The summed E-state index contributed by atoms with van der Waals surface area (Å²) in [5, 5.41) is 3.31. The van der Waals surface area contributed by atoms with Gasteiger partial charge in [0.1, 0.15) is 5.75 Å². The van der Waals surface area contributed by atoms with Crippen molar-refractivity contribution in [2.75, 3.05) is 23.9 Å². The zero-order chi connectivity index (χ0) is 20.1. The minimum atomic E-state index is -0.452. The largest absolute Gasteiger partial charge is 0.482 e. The summed E-state index contributed by atoms with van der Waals surface area (Å²) in [4.78, 5) is 37.2. The van der Waals surface area contributed by atoms with E-state index in [9.17, 15) is 14.4 Å². The Labute approximate surface area is 167 Å². The summed E-state index contributed by atoms with van der Waals surface area (Å²) in [6, 6.07) is 12.3. The molecule has 2 aromatic carbocycles. The van der Waals surface area contributed by atoms with Crippen molar-refractivity contribution < 1.29 is 23.9 Å². The van der Waals surface area contributed by atoms with E-state index in [0.29, 0.717) is 28.7 Å². The number of hydrogen-bond acceptors (Lipinski definition) is 5.